The van der Waals surface area contributed by atoms with Crippen LogP contribution in [0.1, 0.15) is 24.2 Å². The van der Waals surface area contributed by atoms with Crippen LogP contribution >= 0.6 is 11.3 Å². The van der Waals surface area contributed by atoms with E-state index in [1.807, 2.05) is 0 Å². The van der Waals surface area contributed by atoms with E-state index >= 15 is 0 Å². The van der Waals surface area contributed by atoms with E-state index in [-0.39, 0.29) is 18.5 Å². The molecule has 7 heteroatoms. The molecule has 0 atom stereocenters. The second-order valence-corrected chi connectivity index (χ2v) is 5.45. The SMILES string of the molecule is CC(C)(CO)NC(=O)c1csc2nc(N)ncc12. The first-order valence-corrected chi connectivity index (χ1v) is 6.24. The van der Waals surface area contributed by atoms with Crippen LogP contribution in [0.4, 0.5) is 5.95 Å². The standard InChI is InChI=1S/C11H14N4O2S/c1-11(2,5-16)15-8(17)7-4-18-9-6(7)3-13-10(12)14-9/h3-4,16H,5H2,1-2H3,(H,15,17)(H2,12,13,14). The molecule has 0 spiro atoms. The van der Waals surface area contributed by atoms with Crippen molar-refractivity contribution in [2.24, 2.45) is 0 Å². The van der Waals surface area contributed by atoms with Crippen molar-refractivity contribution in [3.63, 3.8) is 0 Å². The Hall–Kier alpha value is -1.73. The summed E-state index contributed by atoms with van der Waals surface area (Å²) >= 11 is 1.34. The monoisotopic (exact) mass is 266 g/mol. The minimum atomic E-state index is -0.667. The Bertz CT molecular complexity index is 594. The molecule has 0 aliphatic rings. The van der Waals surface area contributed by atoms with E-state index < -0.39 is 5.54 Å². The molecule has 0 unspecified atom stereocenters. The molecule has 0 bridgehead atoms. The summed E-state index contributed by atoms with van der Waals surface area (Å²) in [5.41, 5.74) is 5.31. The molecule has 0 saturated carbocycles. The summed E-state index contributed by atoms with van der Waals surface area (Å²) in [4.78, 5) is 20.7. The molecular formula is C11H14N4O2S. The van der Waals surface area contributed by atoms with E-state index in [0.29, 0.717) is 15.8 Å². The lowest BCUT2D eigenvalue weighted by atomic mass is 10.1. The largest absolute Gasteiger partial charge is 0.394 e. The normalized spacial score (nSPS) is 11.7. The van der Waals surface area contributed by atoms with Gasteiger partial charge < -0.3 is 16.2 Å². The number of aliphatic hydroxyl groups is 1. The van der Waals surface area contributed by atoms with Crippen LogP contribution in [0.3, 0.4) is 0 Å². The quantitative estimate of drug-likeness (QED) is 0.762. The zero-order valence-electron chi connectivity index (χ0n) is 10.1. The Morgan fingerprint density at radius 1 is 1.61 bits per heavy atom. The molecule has 2 aromatic rings. The van der Waals surface area contributed by atoms with E-state index in [4.69, 9.17) is 10.8 Å². The molecule has 0 aliphatic heterocycles. The molecule has 4 N–H and O–H groups in total. The van der Waals surface area contributed by atoms with Crippen LogP contribution < -0.4 is 11.1 Å². The topological polar surface area (TPSA) is 101 Å². The number of thiophene rings is 1. The molecule has 2 heterocycles. The van der Waals surface area contributed by atoms with Crippen molar-refractivity contribution in [2.45, 2.75) is 19.4 Å². The predicted octanol–water partition coefficient (Wildman–Crippen LogP) is 0.774. The zero-order valence-corrected chi connectivity index (χ0v) is 10.9. The molecular weight excluding hydrogens is 252 g/mol. The first-order valence-electron chi connectivity index (χ1n) is 5.36. The Balaban J connectivity index is 2.34. The maximum atomic E-state index is 12.1. The summed E-state index contributed by atoms with van der Waals surface area (Å²) in [7, 11) is 0. The highest BCUT2D eigenvalue weighted by Gasteiger charge is 2.22. The lowest BCUT2D eigenvalue weighted by molar-refractivity contribution is 0.0871. The highest BCUT2D eigenvalue weighted by Crippen LogP contribution is 2.24. The molecule has 96 valence electrons. The summed E-state index contributed by atoms with van der Waals surface area (Å²) in [6.45, 7) is 3.35. The number of aromatic nitrogens is 2. The third-order valence-corrected chi connectivity index (χ3v) is 3.33. The zero-order chi connectivity index (χ0) is 13.3. The van der Waals surface area contributed by atoms with Crippen LogP contribution in [0.15, 0.2) is 11.6 Å². The van der Waals surface area contributed by atoms with Gasteiger partial charge in [-0.25, -0.2) is 9.97 Å². The number of anilines is 1. The van der Waals surface area contributed by atoms with Gasteiger partial charge >= 0.3 is 0 Å². The number of nitrogens with one attached hydrogen (secondary N) is 1. The number of aliphatic hydroxyl groups excluding tert-OH is 1. The number of nitrogen functional groups attached to an aromatic ring is 1. The Morgan fingerprint density at radius 2 is 2.33 bits per heavy atom. The van der Waals surface area contributed by atoms with Gasteiger partial charge in [-0.3, -0.25) is 4.79 Å². The van der Waals surface area contributed by atoms with Crippen LogP contribution in [0.5, 0.6) is 0 Å². The van der Waals surface area contributed by atoms with Gasteiger partial charge in [0.25, 0.3) is 5.91 Å². The Labute approximate surface area is 108 Å². The minimum Gasteiger partial charge on any atom is -0.394 e. The maximum Gasteiger partial charge on any atom is 0.253 e. The third-order valence-electron chi connectivity index (χ3n) is 2.44. The fraction of sp³-hybridized carbons (Fsp3) is 0.364. The van der Waals surface area contributed by atoms with Gasteiger partial charge in [0.15, 0.2) is 0 Å². The van der Waals surface area contributed by atoms with Crippen LogP contribution in [0, 0.1) is 0 Å². The summed E-state index contributed by atoms with van der Waals surface area (Å²) in [6.07, 6.45) is 1.54. The van der Waals surface area contributed by atoms with Gasteiger partial charge in [0, 0.05) is 17.0 Å². The van der Waals surface area contributed by atoms with Crippen LogP contribution in [-0.4, -0.2) is 33.1 Å². The van der Waals surface area contributed by atoms with Crippen LogP contribution in [0.25, 0.3) is 10.2 Å². The van der Waals surface area contributed by atoms with Crippen molar-refractivity contribution >= 4 is 33.4 Å². The summed E-state index contributed by atoms with van der Waals surface area (Å²) < 4.78 is 0. The molecule has 18 heavy (non-hydrogen) atoms. The first-order chi connectivity index (χ1) is 8.43. The molecule has 6 nitrogen and oxygen atoms in total. The molecule has 2 aromatic heterocycles. The van der Waals surface area contributed by atoms with Gasteiger partial charge in [0.2, 0.25) is 5.95 Å². The Morgan fingerprint density at radius 3 is 3.00 bits per heavy atom. The van der Waals surface area contributed by atoms with Crippen LogP contribution in [0.2, 0.25) is 0 Å². The number of rotatable bonds is 3. The van der Waals surface area contributed by atoms with Gasteiger partial charge in [-0.15, -0.1) is 11.3 Å². The number of amides is 1. The smallest absolute Gasteiger partial charge is 0.253 e. The number of hydrogen-bond donors (Lipinski definition) is 3. The molecule has 0 aromatic carbocycles. The molecule has 0 fully saturated rings. The second kappa shape index (κ2) is 4.51. The number of fused-ring (bicyclic) bond motifs is 1. The average molecular weight is 266 g/mol. The van der Waals surface area contributed by atoms with Crippen LogP contribution in [-0.2, 0) is 0 Å². The summed E-state index contributed by atoms with van der Waals surface area (Å²) in [5.74, 6) is -0.0688. The number of carbonyl (C=O) groups excluding carboxylic acids is 1. The fourth-order valence-corrected chi connectivity index (χ4v) is 2.32. The Kier molecular flexibility index (Phi) is 3.18. The van der Waals surface area contributed by atoms with E-state index in [2.05, 4.69) is 15.3 Å². The maximum absolute atomic E-state index is 12.1. The van der Waals surface area contributed by atoms with E-state index in [9.17, 15) is 4.79 Å². The lowest BCUT2D eigenvalue weighted by Crippen LogP contribution is -2.46. The number of nitrogens with zero attached hydrogens (tertiary/aromatic N) is 2. The average Bonchev–Trinajstić information content (AvgIpc) is 2.71. The van der Waals surface area contributed by atoms with E-state index in [1.54, 1.807) is 19.2 Å². The van der Waals surface area contributed by atoms with E-state index in [1.165, 1.54) is 17.5 Å². The van der Waals surface area contributed by atoms with Gasteiger partial charge in [0.05, 0.1) is 17.7 Å². The number of nitrogens with two attached hydrogens (primary N) is 1. The van der Waals surface area contributed by atoms with Gasteiger partial charge in [-0.05, 0) is 13.8 Å². The van der Waals surface area contributed by atoms with Gasteiger partial charge in [-0.1, -0.05) is 0 Å². The molecule has 2 rings (SSSR count). The molecule has 0 radical (unpaired) electrons. The first kappa shape index (κ1) is 12.7. The minimum absolute atomic E-state index is 0.135. The van der Waals surface area contributed by atoms with E-state index in [0.717, 1.165) is 0 Å². The predicted molar refractivity (Wildman–Crippen MR) is 70.5 cm³/mol. The molecule has 1 amide bonds. The highest BCUT2D eigenvalue weighted by molar-refractivity contribution is 7.17. The van der Waals surface area contributed by atoms with Crippen molar-refractivity contribution in [3.05, 3.63) is 17.1 Å². The van der Waals surface area contributed by atoms with Crippen molar-refractivity contribution in [2.75, 3.05) is 12.3 Å². The summed E-state index contributed by atoms with van der Waals surface area (Å²) in [5, 5.41) is 14.3. The number of hydrogen-bond acceptors (Lipinski definition) is 6. The molecule has 0 aliphatic carbocycles. The van der Waals surface area contributed by atoms with Crippen molar-refractivity contribution in [1.82, 2.24) is 15.3 Å². The van der Waals surface area contributed by atoms with Gasteiger partial charge in [0.1, 0.15) is 4.83 Å². The van der Waals surface area contributed by atoms with Crippen molar-refractivity contribution < 1.29 is 9.90 Å². The summed E-state index contributed by atoms with van der Waals surface area (Å²) in [6, 6.07) is 0. The second-order valence-electron chi connectivity index (χ2n) is 4.59. The fourth-order valence-electron chi connectivity index (χ4n) is 1.42. The molecule has 0 saturated heterocycles. The lowest BCUT2D eigenvalue weighted by Gasteiger charge is -2.23. The van der Waals surface area contributed by atoms with Gasteiger partial charge in [-0.2, -0.15) is 0 Å². The number of carbonyl (C=O) groups is 1. The third kappa shape index (κ3) is 2.41. The highest BCUT2D eigenvalue weighted by atomic mass is 32.1. The van der Waals surface area contributed by atoms with Crippen molar-refractivity contribution in [1.29, 1.82) is 0 Å². The van der Waals surface area contributed by atoms with Crippen molar-refractivity contribution in [3.8, 4) is 0 Å².